The average Bonchev–Trinajstić information content (AvgIpc) is 2.91. The van der Waals surface area contributed by atoms with Crippen molar-refractivity contribution >= 4 is 11.7 Å². The van der Waals surface area contributed by atoms with E-state index in [1.807, 2.05) is 36.1 Å². The van der Waals surface area contributed by atoms with E-state index in [-0.39, 0.29) is 0 Å². The standard InChI is InChI=1S/C14H20N3OS/c1-3-4-5-6-10-18-14-13(15-19-16-14)12-8-7-9-17(2)11-12/h7-9,11H,3-6,10H2,1-2H3/q+1/i1D. The molecule has 2 aromatic heterocycles. The molecule has 0 fully saturated rings. The van der Waals surface area contributed by atoms with Gasteiger partial charge in [-0.3, -0.25) is 0 Å². The summed E-state index contributed by atoms with van der Waals surface area (Å²) < 4.78 is 23.4. The first-order chi connectivity index (χ1) is 9.81. The van der Waals surface area contributed by atoms with E-state index < -0.39 is 0 Å². The minimum Gasteiger partial charge on any atom is -0.475 e. The fourth-order valence-electron chi connectivity index (χ4n) is 1.80. The number of unbranched alkanes of at least 4 members (excludes halogenated alkanes) is 3. The molecule has 2 aromatic rings. The molecular weight excluding hydrogens is 258 g/mol. The summed E-state index contributed by atoms with van der Waals surface area (Å²) >= 11 is 1.18. The van der Waals surface area contributed by atoms with Crippen LogP contribution in [-0.2, 0) is 7.05 Å². The van der Waals surface area contributed by atoms with Gasteiger partial charge in [-0.05, 0) is 12.5 Å². The first-order valence-electron chi connectivity index (χ1n) is 7.22. The van der Waals surface area contributed by atoms with Gasteiger partial charge in [-0.1, -0.05) is 26.2 Å². The SMILES string of the molecule is [2H]CCCCCCOc1nsnc1-c1ccc[n+](C)c1. The topological polar surface area (TPSA) is 38.9 Å². The first-order valence-corrected chi connectivity index (χ1v) is 7.24. The Kier molecular flexibility index (Phi) is 4.74. The third kappa shape index (κ3) is 3.99. The van der Waals surface area contributed by atoms with Crippen LogP contribution in [0, 0.1) is 0 Å². The molecule has 0 saturated heterocycles. The molecule has 0 amide bonds. The zero-order valence-corrected chi connectivity index (χ0v) is 12.0. The van der Waals surface area contributed by atoms with Gasteiger partial charge in [0.1, 0.15) is 7.05 Å². The second-order valence-corrected chi connectivity index (χ2v) is 4.97. The maximum Gasteiger partial charge on any atom is 0.254 e. The van der Waals surface area contributed by atoms with Gasteiger partial charge in [-0.15, -0.1) is 4.37 Å². The lowest BCUT2D eigenvalue weighted by Crippen LogP contribution is -2.26. The normalized spacial score (nSPS) is 11.3. The summed E-state index contributed by atoms with van der Waals surface area (Å²) in [6.07, 6.45) is 8.17. The molecule has 102 valence electrons. The lowest BCUT2D eigenvalue weighted by molar-refractivity contribution is -0.671. The summed E-state index contributed by atoms with van der Waals surface area (Å²) in [5.41, 5.74) is 1.84. The first kappa shape index (κ1) is 12.5. The number of hydrogen-bond acceptors (Lipinski definition) is 4. The zero-order valence-electron chi connectivity index (χ0n) is 12.2. The number of hydrogen-bond donors (Lipinski definition) is 0. The van der Waals surface area contributed by atoms with Crippen molar-refractivity contribution in [1.82, 2.24) is 8.75 Å². The Morgan fingerprint density at radius 2 is 2.32 bits per heavy atom. The highest BCUT2D eigenvalue weighted by Gasteiger charge is 2.14. The zero-order chi connectivity index (χ0) is 14.2. The monoisotopic (exact) mass is 279 g/mol. The Balaban J connectivity index is 1.89. The van der Waals surface area contributed by atoms with Crippen molar-refractivity contribution in [2.24, 2.45) is 7.05 Å². The molecule has 0 aromatic carbocycles. The van der Waals surface area contributed by atoms with Crippen molar-refractivity contribution in [3.63, 3.8) is 0 Å². The van der Waals surface area contributed by atoms with Crippen LogP contribution in [0.2, 0.25) is 0 Å². The van der Waals surface area contributed by atoms with Crippen molar-refractivity contribution in [2.75, 3.05) is 6.61 Å². The van der Waals surface area contributed by atoms with Crippen molar-refractivity contribution in [1.29, 1.82) is 0 Å². The van der Waals surface area contributed by atoms with E-state index in [1.54, 1.807) is 0 Å². The lowest BCUT2D eigenvalue weighted by atomic mass is 10.2. The molecule has 0 saturated carbocycles. The summed E-state index contributed by atoms with van der Waals surface area (Å²) in [6, 6.07) is 4.00. The van der Waals surface area contributed by atoms with Gasteiger partial charge in [-0.25, -0.2) is 4.57 Å². The van der Waals surface area contributed by atoms with Gasteiger partial charge >= 0.3 is 0 Å². The molecule has 2 heterocycles. The third-order valence-corrected chi connectivity index (χ3v) is 3.32. The van der Waals surface area contributed by atoms with Crippen LogP contribution in [-0.4, -0.2) is 15.4 Å². The van der Waals surface area contributed by atoms with Crippen LogP contribution in [0.15, 0.2) is 24.5 Å². The largest absolute Gasteiger partial charge is 0.475 e. The quantitative estimate of drug-likeness (QED) is 0.578. The molecule has 0 atom stereocenters. The average molecular weight is 279 g/mol. The maximum absolute atomic E-state index is 7.09. The predicted octanol–water partition coefficient (Wildman–Crippen LogP) is 2.99. The maximum atomic E-state index is 7.09. The highest BCUT2D eigenvalue weighted by Crippen LogP contribution is 2.26. The molecule has 0 unspecified atom stereocenters. The number of nitrogens with zero attached hydrogens (tertiary/aromatic N) is 3. The van der Waals surface area contributed by atoms with E-state index >= 15 is 0 Å². The van der Waals surface area contributed by atoms with Crippen molar-refractivity contribution in [2.45, 2.75) is 32.6 Å². The van der Waals surface area contributed by atoms with E-state index in [4.69, 9.17) is 6.11 Å². The molecule has 0 N–H and O–H groups in total. The van der Waals surface area contributed by atoms with Crippen LogP contribution in [0.4, 0.5) is 0 Å². The molecule has 19 heavy (non-hydrogen) atoms. The van der Waals surface area contributed by atoms with Gasteiger partial charge in [0, 0.05) is 7.44 Å². The van der Waals surface area contributed by atoms with Crippen LogP contribution in [0.3, 0.4) is 0 Å². The number of rotatable bonds is 7. The number of pyridine rings is 1. The van der Waals surface area contributed by atoms with Crippen LogP contribution in [0.5, 0.6) is 5.88 Å². The van der Waals surface area contributed by atoms with Crippen LogP contribution >= 0.6 is 11.7 Å². The molecule has 0 aliphatic carbocycles. The van der Waals surface area contributed by atoms with E-state index in [1.165, 1.54) is 11.7 Å². The van der Waals surface area contributed by atoms with Crippen LogP contribution < -0.4 is 9.30 Å². The molecule has 0 spiro atoms. The van der Waals surface area contributed by atoms with E-state index in [0.717, 1.165) is 36.9 Å². The Hall–Kier alpha value is -1.49. The summed E-state index contributed by atoms with van der Waals surface area (Å²) in [5.74, 6) is 0.627. The number of aryl methyl sites for hydroxylation is 1. The van der Waals surface area contributed by atoms with Gasteiger partial charge < -0.3 is 4.74 Å². The third-order valence-electron chi connectivity index (χ3n) is 2.80. The van der Waals surface area contributed by atoms with Crippen molar-refractivity contribution in [3.05, 3.63) is 24.5 Å². The Morgan fingerprint density at radius 1 is 1.37 bits per heavy atom. The summed E-state index contributed by atoms with van der Waals surface area (Å²) in [5, 5.41) is 0. The molecule has 0 aliphatic rings. The summed E-state index contributed by atoms with van der Waals surface area (Å²) in [7, 11) is 1.98. The Bertz CT molecular complexity index is 533. The minimum atomic E-state index is 0.520. The van der Waals surface area contributed by atoms with Gasteiger partial charge in [0.05, 0.1) is 23.9 Å². The minimum absolute atomic E-state index is 0.520. The molecule has 0 aliphatic heterocycles. The van der Waals surface area contributed by atoms with Crippen LogP contribution in [0.1, 0.15) is 34.0 Å². The summed E-state index contributed by atoms with van der Waals surface area (Å²) in [6.45, 7) is 1.18. The van der Waals surface area contributed by atoms with E-state index in [9.17, 15) is 0 Å². The second-order valence-electron chi connectivity index (χ2n) is 4.44. The lowest BCUT2D eigenvalue weighted by Gasteiger charge is -2.04. The van der Waals surface area contributed by atoms with Crippen molar-refractivity contribution in [3.8, 4) is 17.1 Å². The van der Waals surface area contributed by atoms with Gasteiger partial charge in [-0.2, -0.15) is 4.37 Å². The molecule has 2 rings (SSSR count). The number of aromatic nitrogens is 3. The summed E-state index contributed by atoms with van der Waals surface area (Å²) in [4.78, 5) is 0. The smallest absolute Gasteiger partial charge is 0.254 e. The predicted molar refractivity (Wildman–Crippen MR) is 76.2 cm³/mol. The van der Waals surface area contributed by atoms with Gasteiger partial charge in [0.2, 0.25) is 0 Å². The fraction of sp³-hybridized carbons (Fsp3) is 0.500. The van der Waals surface area contributed by atoms with Crippen LogP contribution in [0.25, 0.3) is 11.3 Å². The van der Waals surface area contributed by atoms with E-state index in [2.05, 4.69) is 8.75 Å². The Labute approximate surface area is 119 Å². The molecule has 5 heteroatoms. The highest BCUT2D eigenvalue weighted by atomic mass is 32.1. The highest BCUT2D eigenvalue weighted by molar-refractivity contribution is 6.99. The molecule has 4 nitrogen and oxygen atoms in total. The fourth-order valence-corrected chi connectivity index (χ4v) is 2.32. The number of ether oxygens (including phenoxy) is 1. The van der Waals surface area contributed by atoms with Gasteiger partial charge in [0.25, 0.3) is 5.88 Å². The van der Waals surface area contributed by atoms with E-state index in [0.29, 0.717) is 19.4 Å². The molecule has 0 bridgehead atoms. The second kappa shape index (κ2) is 7.19. The van der Waals surface area contributed by atoms with Gasteiger partial charge in [0.15, 0.2) is 18.1 Å². The molecular formula is C14H20N3OS+. The molecule has 0 radical (unpaired) electrons. The Morgan fingerprint density at radius 3 is 3.16 bits per heavy atom. The van der Waals surface area contributed by atoms with Crippen molar-refractivity contribution < 1.29 is 10.7 Å².